The maximum absolute atomic E-state index is 10.2. The monoisotopic (exact) mass is 456 g/mol. The van der Waals surface area contributed by atoms with Crippen LogP contribution in [0.25, 0.3) is 0 Å². The molecule has 1 aliphatic heterocycles. The molecule has 0 radical (unpaired) electrons. The quantitative estimate of drug-likeness (QED) is 0.339. The lowest BCUT2D eigenvalue weighted by Gasteiger charge is -2.39. The molecular weight excluding hydrogens is 428 g/mol. The minimum Gasteiger partial charge on any atom is -0.489 e. The highest BCUT2D eigenvalue weighted by molar-refractivity contribution is 5.37. The summed E-state index contributed by atoms with van der Waals surface area (Å²) >= 11 is 0. The smallest absolute Gasteiger partial charge is 0.238 e. The fraction of sp³-hybridized carbons (Fsp3) is 0.375. The molecule has 0 unspecified atom stereocenters. The normalized spacial score (nSPS) is 25.1. The first-order valence-electron chi connectivity index (χ1n) is 10.7. The van der Waals surface area contributed by atoms with Crippen LogP contribution in [0.1, 0.15) is 22.4 Å². The van der Waals surface area contributed by atoms with Gasteiger partial charge in [-0.15, -0.1) is 5.10 Å². The van der Waals surface area contributed by atoms with Crippen LogP contribution >= 0.6 is 0 Å². The van der Waals surface area contributed by atoms with Crippen molar-refractivity contribution in [3.8, 4) is 11.6 Å². The SMILES string of the molecule is Cc1[nH]nc(O[C@@H]2O[C@H](CO)[C@@H](O)[C@H](O)[C@H]2O)c1Cc1ccc(OCc2ccccc2)cc1. The first kappa shape index (κ1) is 23.2. The van der Waals surface area contributed by atoms with Crippen LogP contribution in [0, 0.1) is 6.92 Å². The van der Waals surface area contributed by atoms with Crippen LogP contribution in [0.5, 0.6) is 11.6 Å². The summed E-state index contributed by atoms with van der Waals surface area (Å²) in [6.45, 7) is 1.80. The van der Waals surface area contributed by atoms with Gasteiger partial charge >= 0.3 is 0 Å². The Morgan fingerprint density at radius 1 is 0.939 bits per heavy atom. The van der Waals surface area contributed by atoms with Gasteiger partial charge in [0.25, 0.3) is 0 Å². The van der Waals surface area contributed by atoms with E-state index in [1.165, 1.54) is 0 Å². The summed E-state index contributed by atoms with van der Waals surface area (Å²) < 4.78 is 17.0. The Hall–Kier alpha value is -2.95. The summed E-state index contributed by atoms with van der Waals surface area (Å²) in [4.78, 5) is 0. The van der Waals surface area contributed by atoms with Crippen molar-refractivity contribution < 1.29 is 34.6 Å². The van der Waals surface area contributed by atoms with E-state index < -0.39 is 37.3 Å². The molecule has 9 heteroatoms. The Balaban J connectivity index is 1.42. The topological polar surface area (TPSA) is 137 Å². The van der Waals surface area contributed by atoms with E-state index >= 15 is 0 Å². The van der Waals surface area contributed by atoms with Gasteiger partial charge in [0.1, 0.15) is 36.8 Å². The van der Waals surface area contributed by atoms with E-state index in [0.717, 1.165) is 28.1 Å². The standard InChI is InChI=1S/C24H28N2O7/c1-14-18(11-15-7-9-17(10-8-15)31-13-16-5-3-2-4-6-16)23(26-25-14)33-24-22(30)21(29)20(28)19(12-27)32-24/h2-10,19-22,24,27-30H,11-13H2,1H3,(H,25,26)/t19-,20-,21+,22-,24+/m1/s1. The second kappa shape index (κ2) is 10.3. The van der Waals surface area contributed by atoms with Crippen LogP contribution in [0.15, 0.2) is 54.6 Å². The van der Waals surface area contributed by atoms with Gasteiger partial charge in [0.15, 0.2) is 0 Å². The molecule has 0 aliphatic carbocycles. The lowest BCUT2D eigenvalue weighted by Crippen LogP contribution is -2.60. The van der Waals surface area contributed by atoms with Gasteiger partial charge in [-0.2, -0.15) is 0 Å². The van der Waals surface area contributed by atoms with Gasteiger partial charge in [-0.3, -0.25) is 5.10 Å². The summed E-state index contributed by atoms with van der Waals surface area (Å²) in [5.41, 5.74) is 3.61. The number of rotatable bonds is 8. The zero-order valence-corrected chi connectivity index (χ0v) is 18.2. The number of aryl methyl sites for hydroxylation is 1. The van der Waals surface area contributed by atoms with Crippen LogP contribution in [0.3, 0.4) is 0 Å². The van der Waals surface area contributed by atoms with Crippen molar-refractivity contribution in [3.05, 3.63) is 77.0 Å². The number of hydrogen-bond donors (Lipinski definition) is 5. The molecule has 33 heavy (non-hydrogen) atoms. The first-order valence-corrected chi connectivity index (χ1v) is 10.7. The maximum atomic E-state index is 10.2. The summed E-state index contributed by atoms with van der Waals surface area (Å²) in [6.07, 6.45) is -6.33. The van der Waals surface area contributed by atoms with E-state index in [9.17, 15) is 20.4 Å². The van der Waals surface area contributed by atoms with Crippen molar-refractivity contribution in [3.63, 3.8) is 0 Å². The number of aromatic nitrogens is 2. The molecule has 1 aliphatic rings. The number of benzene rings is 2. The third-order valence-corrected chi connectivity index (χ3v) is 5.66. The highest BCUT2D eigenvalue weighted by Crippen LogP contribution is 2.28. The summed E-state index contributed by atoms with van der Waals surface area (Å²) in [5.74, 6) is 0.963. The zero-order valence-electron chi connectivity index (χ0n) is 18.2. The van der Waals surface area contributed by atoms with Gasteiger partial charge in [-0.1, -0.05) is 42.5 Å². The number of H-pyrrole nitrogens is 1. The molecule has 0 saturated carbocycles. The van der Waals surface area contributed by atoms with E-state index in [-0.39, 0.29) is 5.88 Å². The largest absolute Gasteiger partial charge is 0.489 e. The first-order chi connectivity index (χ1) is 16.0. The van der Waals surface area contributed by atoms with E-state index in [4.69, 9.17) is 14.2 Å². The molecule has 1 aromatic heterocycles. The Labute approximate surface area is 191 Å². The lowest BCUT2D eigenvalue weighted by atomic mass is 9.99. The van der Waals surface area contributed by atoms with Crippen LogP contribution in [-0.4, -0.2) is 67.9 Å². The molecule has 3 aromatic rings. The van der Waals surface area contributed by atoms with Crippen molar-refractivity contribution in [1.82, 2.24) is 10.2 Å². The Morgan fingerprint density at radius 3 is 2.36 bits per heavy atom. The number of aromatic amines is 1. The third kappa shape index (κ3) is 5.35. The number of aliphatic hydroxyl groups is 4. The van der Waals surface area contributed by atoms with Crippen LogP contribution in [-0.2, 0) is 17.8 Å². The third-order valence-electron chi connectivity index (χ3n) is 5.66. The summed E-state index contributed by atoms with van der Waals surface area (Å²) in [5, 5.41) is 46.5. The Bertz CT molecular complexity index is 1020. The molecule has 0 amide bonds. The summed E-state index contributed by atoms with van der Waals surface area (Å²) in [6, 6.07) is 17.6. The van der Waals surface area contributed by atoms with E-state index in [2.05, 4.69) is 10.2 Å². The lowest BCUT2D eigenvalue weighted by molar-refractivity contribution is -0.278. The van der Waals surface area contributed by atoms with E-state index in [0.29, 0.717) is 13.0 Å². The minimum atomic E-state index is -1.52. The van der Waals surface area contributed by atoms with Gasteiger partial charge in [0, 0.05) is 17.7 Å². The predicted molar refractivity (Wildman–Crippen MR) is 118 cm³/mol. The molecule has 1 saturated heterocycles. The molecule has 2 aromatic carbocycles. The van der Waals surface area contributed by atoms with Gasteiger partial charge in [0.05, 0.1) is 6.61 Å². The number of aliphatic hydroxyl groups excluding tert-OH is 4. The number of nitrogens with zero attached hydrogens (tertiary/aromatic N) is 1. The molecule has 5 N–H and O–H groups in total. The molecule has 9 nitrogen and oxygen atoms in total. The van der Waals surface area contributed by atoms with E-state index in [1.807, 2.05) is 61.5 Å². The van der Waals surface area contributed by atoms with Crippen LogP contribution < -0.4 is 9.47 Å². The van der Waals surface area contributed by atoms with Crippen molar-refractivity contribution in [2.24, 2.45) is 0 Å². The van der Waals surface area contributed by atoms with Crippen molar-refractivity contribution in [1.29, 1.82) is 0 Å². The van der Waals surface area contributed by atoms with Crippen molar-refractivity contribution in [2.45, 2.75) is 50.7 Å². The van der Waals surface area contributed by atoms with Crippen molar-refractivity contribution >= 4 is 0 Å². The maximum Gasteiger partial charge on any atom is 0.238 e. The van der Waals surface area contributed by atoms with Crippen LogP contribution in [0.2, 0.25) is 0 Å². The molecule has 0 spiro atoms. The second-order valence-electron chi connectivity index (χ2n) is 8.04. The average Bonchev–Trinajstić information content (AvgIpc) is 3.18. The molecular formula is C24H28N2O7. The molecule has 1 fully saturated rings. The fourth-order valence-electron chi connectivity index (χ4n) is 3.66. The average molecular weight is 456 g/mol. The van der Waals surface area contributed by atoms with Gasteiger partial charge in [-0.05, 0) is 30.2 Å². The highest BCUT2D eigenvalue weighted by atomic mass is 16.7. The fourth-order valence-corrected chi connectivity index (χ4v) is 3.66. The van der Waals surface area contributed by atoms with Crippen molar-refractivity contribution in [2.75, 3.05) is 6.61 Å². The van der Waals surface area contributed by atoms with Gasteiger partial charge in [-0.25, -0.2) is 0 Å². The Morgan fingerprint density at radius 2 is 1.67 bits per heavy atom. The molecule has 176 valence electrons. The van der Waals surface area contributed by atoms with E-state index in [1.54, 1.807) is 0 Å². The molecule has 0 bridgehead atoms. The number of ether oxygens (including phenoxy) is 3. The molecule has 2 heterocycles. The Kier molecular flexibility index (Phi) is 7.26. The zero-order chi connectivity index (χ0) is 23.4. The summed E-state index contributed by atoms with van der Waals surface area (Å²) in [7, 11) is 0. The number of nitrogens with one attached hydrogen (secondary N) is 1. The minimum absolute atomic E-state index is 0.209. The second-order valence-corrected chi connectivity index (χ2v) is 8.04. The van der Waals surface area contributed by atoms with Gasteiger partial charge < -0.3 is 34.6 Å². The highest BCUT2D eigenvalue weighted by Gasteiger charge is 2.45. The van der Waals surface area contributed by atoms with Gasteiger partial charge in [0.2, 0.25) is 12.2 Å². The van der Waals surface area contributed by atoms with Crippen LogP contribution in [0.4, 0.5) is 0 Å². The number of hydrogen-bond acceptors (Lipinski definition) is 8. The molecule has 4 rings (SSSR count). The predicted octanol–water partition coefficient (Wildman–Crippen LogP) is 1.07. The molecule has 5 atom stereocenters.